The number of benzene rings is 1. The van der Waals surface area contributed by atoms with Gasteiger partial charge in [0.2, 0.25) is 5.91 Å². The molecule has 1 aromatic rings. The summed E-state index contributed by atoms with van der Waals surface area (Å²) in [6, 6.07) is 8.08. The van der Waals surface area contributed by atoms with Gasteiger partial charge in [-0.25, -0.2) is 0 Å². The van der Waals surface area contributed by atoms with Gasteiger partial charge in [-0.2, -0.15) is 0 Å². The molecule has 1 aromatic carbocycles. The summed E-state index contributed by atoms with van der Waals surface area (Å²) in [5.74, 6) is 0.0389. The third kappa shape index (κ3) is 5.80. The van der Waals surface area contributed by atoms with Crippen LogP contribution in [0.5, 0.6) is 0 Å². The topological polar surface area (TPSA) is 44.4 Å². The Morgan fingerprint density at radius 3 is 2.67 bits per heavy atom. The van der Waals surface area contributed by atoms with Crippen molar-refractivity contribution in [3.8, 4) is 0 Å². The second-order valence-corrected chi connectivity index (χ2v) is 4.68. The minimum absolute atomic E-state index is 0.0389. The molecule has 1 rings (SSSR count). The van der Waals surface area contributed by atoms with Gasteiger partial charge in [-0.3, -0.25) is 4.79 Å². The maximum absolute atomic E-state index is 11.6. The Kier molecular flexibility index (Phi) is 6.39. The molecular weight excluding hydrogens is 226 g/mol. The van der Waals surface area contributed by atoms with E-state index in [1.165, 1.54) is 11.1 Å². The molecule has 1 amide bonds. The fourth-order valence-corrected chi connectivity index (χ4v) is 1.57. The lowest BCUT2D eigenvalue weighted by molar-refractivity contribution is -0.120. The van der Waals surface area contributed by atoms with Crippen molar-refractivity contribution in [2.75, 3.05) is 33.7 Å². The first-order valence-corrected chi connectivity index (χ1v) is 6.26. The predicted molar refractivity (Wildman–Crippen MR) is 74.4 cm³/mol. The average molecular weight is 249 g/mol. The van der Waals surface area contributed by atoms with Crippen molar-refractivity contribution in [3.63, 3.8) is 0 Å². The fraction of sp³-hybridized carbons (Fsp3) is 0.500. The number of nitrogens with one attached hydrogen (secondary N) is 2. The molecule has 0 spiro atoms. The summed E-state index contributed by atoms with van der Waals surface area (Å²) < 4.78 is 0. The van der Waals surface area contributed by atoms with Crippen LogP contribution in [0.4, 0.5) is 0 Å². The molecule has 4 nitrogen and oxygen atoms in total. The first-order chi connectivity index (χ1) is 8.59. The fourth-order valence-electron chi connectivity index (χ4n) is 1.57. The number of amides is 1. The van der Waals surface area contributed by atoms with Crippen molar-refractivity contribution >= 4 is 5.91 Å². The highest BCUT2D eigenvalue weighted by Crippen LogP contribution is 2.05. The van der Waals surface area contributed by atoms with E-state index in [1.807, 2.05) is 32.3 Å². The zero-order valence-electron chi connectivity index (χ0n) is 11.5. The van der Waals surface area contributed by atoms with E-state index in [-0.39, 0.29) is 5.91 Å². The van der Waals surface area contributed by atoms with Crippen LogP contribution in [0.3, 0.4) is 0 Å². The Morgan fingerprint density at radius 2 is 2.00 bits per heavy atom. The summed E-state index contributed by atoms with van der Waals surface area (Å²) in [6.45, 7) is 4.78. The summed E-state index contributed by atoms with van der Waals surface area (Å²) in [5, 5.41) is 6.03. The summed E-state index contributed by atoms with van der Waals surface area (Å²) in [4.78, 5) is 13.7. The number of hydrogen-bond donors (Lipinski definition) is 2. The van der Waals surface area contributed by atoms with Gasteiger partial charge in [-0.05, 0) is 32.1 Å². The van der Waals surface area contributed by atoms with Gasteiger partial charge in [0.05, 0.1) is 6.54 Å². The first-order valence-electron chi connectivity index (χ1n) is 6.26. The largest absolute Gasteiger partial charge is 0.351 e. The number of rotatable bonds is 7. The molecule has 0 heterocycles. The Balaban J connectivity index is 2.19. The van der Waals surface area contributed by atoms with Crippen molar-refractivity contribution in [1.29, 1.82) is 0 Å². The maximum atomic E-state index is 11.6. The van der Waals surface area contributed by atoms with Crippen LogP contribution >= 0.6 is 0 Å². The number of aryl methyl sites for hydroxylation is 1. The van der Waals surface area contributed by atoms with Gasteiger partial charge in [0.25, 0.3) is 0 Å². The van der Waals surface area contributed by atoms with E-state index in [2.05, 4.69) is 28.5 Å². The Bertz CT molecular complexity index is 377. The van der Waals surface area contributed by atoms with Crippen LogP contribution in [0.25, 0.3) is 0 Å². The molecule has 100 valence electrons. The van der Waals surface area contributed by atoms with Crippen LogP contribution in [0, 0.1) is 6.92 Å². The molecule has 0 aliphatic carbocycles. The number of likely N-dealkylation sites (N-methyl/N-ethyl adjacent to an activating group) is 1. The van der Waals surface area contributed by atoms with Crippen LogP contribution in [-0.2, 0) is 11.3 Å². The van der Waals surface area contributed by atoms with Crippen molar-refractivity contribution in [3.05, 3.63) is 35.4 Å². The first kappa shape index (κ1) is 14.7. The number of nitrogens with zero attached hydrogens (tertiary/aromatic N) is 1. The van der Waals surface area contributed by atoms with Gasteiger partial charge >= 0.3 is 0 Å². The summed E-state index contributed by atoms with van der Waals surface area (Å²) in [6.07, 6.45) is 0. The van der Waals surface area contributed by atoms with E-state index < -0.39 is 0 Å². The van der Waals surface area contributed by atoms with E-state index in [1.54, 1.807) is 0 Å². The van der Waals surface area contributed by atoms with Crippen LogP contribution in [0.1, 0.15) is 11.1 Å². The Hall–Kier alpha value is -1.39. The molecule has 4 heteroatoms. The monoisotopic (exact) mass is 249 g/mol. The van der Waals surface area contributed by atoms with E-state index in [4.69, 9.17) is 0 Å². The zero-order valence-corrected chi connectivity index (χ0v) is 11.5. The highest BCUT2D eigenvalue weighted by atomic mass is 16.1. The normalized spacial score (nSPS) is 10.7. The van der Waals surface area contributed by atoms with E-state index in [9.17, 15) is 4.79 Å². The molecular formula is C14H23N3O. The number of hydrogen-bond acceptors (Lipinski definition) is 3. The summed E-state index contributed by atoms with van der Waals surface area (Å²) in [5.41, 5.74) is 2.37. The van der Waals surface area contributed by atoms with E-state index in [0.717, 1.165) is 13.1 Å². The Morgan fingerprint density at radius 1 is 1.28 bits per heavy atom. The van der Waals surface area contributed by atoms with Crippen LogP contribution in [0.15, 0.2) is 24.3 Å². The molecule has 0 aromatic heterocycles. The predicted octanol–water partition coefficient (Wildman–Crippen LogP) is 0.762. The van der Waals surface area contributed by atoms with Gasteiger partial charge in [-0.1, -0.05) is 24.3 Å². The Labute approximate surface area is 109 Å². The summed E-state index contributed by atoms with van der Waals surface area (Å²) in [7, 11) is 4.03. The molecule has 18 heavy (non-hydrogen) atoms. The lowest BCUT2D eigenvalue weighted by Gasteiger charge is -2.11. The van der Waals surface area contributed by atoms with Gasteiger partial charge in [0.15, 0.2) is 0 Å². The van der Waals surface area contributed by atoms with Crippen LogP contribution in [-0.4, -0.2) is 44.5 Å². The molecule has 0 aliphatic heterocycles. The van der Waals surface area contributed by atoms with Crippen LogP contribution < -0.4 is 10.6 Å². The second-order valence-electron chi connectivity index (χ2n) is 4.68. The molecule has 0 saturated carbocycles. The minimum Gasteiger partial charge on any atom is -0.351 e. The highest BCUT2D eigenvalue weighted by molar-refractivity contribution is 5.77. The molecule has 0 unspecified atom stereocenters. The SMILES string of the molecule is Cc1ccccc1CNC(=O)CNCCN(C)C. The highest BCUT2D eigenvalue weighted by Gasteiger charge is 2.02. The zero-order chi connectivity index (χ0) is 13.4. The maximum Gasteiger partial charge on any atom is 0.234 e. The van der Waals surface area contributed by atoms with Gasteiger partial charge in [0.1, 0.15) is 0 Å². The van der Waals surface area contributed by atoms with Gasteiger partial charge in [0, 0.05) is 19.6 Å². The molecule has 0 saturated heterocycles. The van der Waals surface area contributed by atoms with Crippen molar-refractivity contribution in [1.82, 2.24) is 15.5 Å². The molecule has 0 radical (unpaired) electrons. The second kappa shape index (κ2) is 7.84. The number of carbonyl (C=O) groups is 1. The number of carbonyl (C=O) groups excluding carboxylic acids is 1. The molecule has 0 fully saturated rings. The van der Waals surface area contributed by atoms with E-state index in [0.29, 0.717) is 13.1 Å². The third-order valence-electron chi connectivity index (χ3n) is 2.76. The van der Waals surface area contributed by atoms with Crippen molar-refractivity contribution in [2.24, 2.45) is 0 Å². The van der Waals surface area contributed by atoms with Crippen molar-refractivity contribution in [2.45, 2.75) is 13.5 Å². The van der Waals surface area contributed by atoms with E-state index >= 15 is 0 Å². The average Bonchev–Trinajstić information content (AvgIpc) is 2.33. The lowest BCUT2D eigenvalue weighted by atomic mass is 10.1. The minimum atomic E-state index is 0.0389. The standard InChI is InChI=1S/C14H23N3O/c1-12-6-4-5-7-13(12)10-16-14(18)11-15-8-9-17(2)3/h4-7,15H,8-11H2,1-3H3,(H,16,18). The van der Waals surface area contributed by atoms with Crippen molar-refractivity contribution < 1.29 is 4.79 Å². The molecule has 0 bridgehead atoms. The van der Waals surface area contributed by atoms with Gasteiger partial charge in [-0.15, -0.1) is 0 Å². The molecule has 0 aliphatic rings. The quantitative estimate of drug-likeness (QED) is 0.701. The van der Waals surface area contributed by atoms with Crippen LogP contribution in [0.2, 0.25) is 0 Å². The smallest absolute Gasteiger partial charge is 0.234 e. The summed E-state index contributed by atoms with van der Waals surface area (Å²) >= 11 is 0. The molecule has 0 atom stereocenters. The lowest BCUT2D eigenvalue weighted by Crippen LogP contribution is -2.36. The third-order valence-corrected chi connectivity index (χ3v) is 2.76. The molecule has 2 N–H and O–H groups in total. The van der Waals surface area contributed by atoms with Gasteiger partial charge < -0.3 is 15.5 Å².